The van der Waals surface area contributed by atoms with Crippen LogP contribution in [0.15, 0.2) is 18.2 Å². The van der Waals surface area contributed by atoms with Gasteiger partial charge in [0.25, 0.3) is 0 Å². The van der Waals surface area contributed by atoms with Crippen LogP contribution < -0.4 is 0 Å². The molecular weight excluding hydrogens is 426 g/mol. The Morgan fingerprint density at radius 3 is 2.57 bits per heavy atom. The van der Waals surface area contributed by atoms with Gasteiger partial charge in [-0.2, -0.15) is 0 Å². The molecule has 0 unspecified atom stereocenters. The van der Waals surface area contributed by atoms with Gasteiger partial charge in [-0.15, -0.1) is 0 Å². The van der Waals surface area contributed by atoms with E-state index in [0.29, 0.717) is 16.6 Å². The number of rotatable bonds is 5. The number of phenols is 1. The maximum atomic E-state index is 10.2. The van der Waals surface area contributed by atoms with E-state index in [1.165, 1.54) is 92.8 Å². The lowest BCUT2D eigenvalue weighted by Gasteiger charge is -2.60. The molecule has 2 N–H and O–H groups in total. The molecule has 0 aliphatic heterocycles. The van der Waals surface area contributed by atoms with E-state index in [4.69, 9.17) is 0 Å². The van der Waals surface area contributed by atoms with Gasteiger partial charge >= 0.3 is 0 Å². The van der Waals surface area contributed by atoms with E-state index in [9.17, 15) is 5.11 Å². The van der Waals surface area contributed by atoms with Crippen molar-refractivity contribution in [2.24, 2.45) is 52.3 Å². The highest BCUT2D eigenvalue weighted by atomic mass is 16.3. The maximum Gasteiger partial charge on any atom is 0.116 e. The average Bonchev–Trinajstić information content (AvgIpc) is 3.33. The first-order valence-corrected chi connectivity index (χ1v) is 15.0. The predicted octanol–water partition coefficient (Wildman–Crippen LogP) is 8.91. The molecule has 3 fully saturated rings. The lowest BCUT2D eigenvalue weighted by molar-refractivity contribution is -0.103. The third-order valence-electron chi connectivity index (χ3n) is 12.3. The van der Waals surface area contributed by atoms with Gasteiger partial charge in [0, 0.05) is 16.6 Å². The first kappa shape index (κ1) is 23.9. The SMILES string of the molecule is CC(C)CCC[C@H](C)[C@@H]1CC[C@@H]2[C@@H]3CC[C@@H]4Cc5[nH]c6ccc(O)cc6c5C[C@]4(C)[C@@H]3CC[C@]21C. The molecule has 0 radical (unpaired) electrons. The quantitative estimate of drug-likeness (QED) is 0.445. The van der Waals surface area contributed by atoms with E-state index >= 15 is 0 Å². The van der Waals surface area contributed by atoms with Crippen molar-refractivity contribution in [3.8, 4) is 5.75 Å². The molecule has 3 saturated carbocycles. The molecule has 2 aromatic rings. The number of aromatic amines is 1. The Morgan fingerprint density at radius 1 is 0.971 bits per heavy atom. The molecule has 2 nitrogen and oxygen atoms in total. The van der Waals surface area contributed by atoms with Gasteiger partial charge < -0.3 is 10.1 Å². The fourth-order valence-corrected chi connectivity index (χ4v) is 10.5. The number of phenolic OH excluding ortho intramolecular Hbond substituents is 1. The van der Waals surface area contributed by atoms with Crippen LogP contribution in [0.5, 0.6) is 5.75 Å². The van der Waals surface area contributed by atoms with E-state index in [0.717, 1.165) is 41.4 Å². The highest BCUT2D eigenvalue weighted by Crippen LogP contribution is 2.68. The summed E-state index contributed by atoms with van der Waals surface area (Å²) < 4.78 is 0. The summed E-state index contributed by atoms with van der Waals surface area (Å²) in [5.41, 5.74) is 5.19. The molecule has 35 heavy (non-hydrogen) atoms. The number of aromatic hydroxyl groups is 1. The van der Waals surface area contributed by atoms with Crippen LogP contribution in [0.25, 0.3) is 10.9 Å². The lowest BCUT2D eigenvalue weighted by atomic mass is 9.44. The first-order valence-electron chi connectivity index (χ1n) is 15.0. The fraction of sp³-hybridized carbons (Fsp3) is 0.758. The number of fused-ring (bicyclic) bond motifs is 8. The topological polar surface area (TPSA) is 36.0 Å². The smallest absolute Gasteiger partial charge is 0.116 e. The van der Waals surface area contributed by atoms with E-state index in [-0.39, 0.29) is 0 Å². The van der Waals surface area contributed by atoms with Crippen LogP contribution in [0.2, 0.25) is 0 Å². The zero-order valence-electron chi connectivity index (χ0n) is 23.0. The molecule has 0 saturated heterocycles. The van der Waals surface area contributed by atoms with Gasteiger partial charge in [0.05, 0.1) is 0 Å². The molecule has 1 heterocycles. The molecule has 0 amide bonds. The third kappa shape index (κ3) is 3.71. The standard InChI is InChI=1S/C33H49NO/c1-20(2)7-6-8-21(3)27-12-13-28-24-11-9-22-17-31-26(25-18-23(35)10-14-30(25)34-31)19-33(22,5)29(24)15-16-32(27,28)4/h10,14,18,20-22,24,27-29,34-35H,6-9,11-13,15-17,19H2,1-5H3/t21-,22+,24-,27-,28+,29+,32-,33-/m0/s1. The van der Waals surface area contributed by atoms with Crippen LogP contribution in [-0.4, -0.2) is 10.1 Å². The van der Waals surface area contributed by atoms with Crippen LogP contribution in [0.1, 0.15) is 104 Å². The summed E-state index contributed by atoms with van der Waals surface area (Å²) >= 11 is 0. The van der Waals surface area contributed by atoms with E-state index in [1.54, 1.807) is 0 Å². The molecule has 8 atom stereocenters. The van der Waals surface area contributed by atoms with Crippen molar-refractivity contribution in [3.63, 3.8) is 0 Å². The maximum absolute atomic E-state index is 10.2. The van der Waals surface area contributed by atoms with E-state index < -0.39 is 0 Å². The minimum atomic E-state index is 0.404. The minimum absolute atomic E-state index is 0.404. The molecule has 1 aromatic carbocycles. The Balaban J connectivity index is 1.24. The van der Waals surface area contributed by atoms with Gasteiger partial charge in [-0.1, -0.05) is 53.9 Å². The molecule has 192 valence electrons. The summed E-state index contributed by atoms with van der Waals surface area (Å²) in [5.74, 6) is 6.66. The number of hydrogen-bond acceptors (Lipinski definition) is 1. The van der Waals surface area contributed by atoms with Crippen LogP contribution in [-0.2, 0) is 12.8 Å². The van der Waals surface area contributed by atoms with Gasteiger partial charge in [0.2, 0.25) is 0 Å². The molecule has 6 rings (SSSR count). The monoisotopic (exact) mass is 475 g/mol. The van der Waals surface area contributed by atoms with Crippen molar-refractivity contribution >= 4 is 10.9 Å². The van der Waals surface area contributed by atoms with Crippen LogP contribution >= 0.6 is 0 Å². The lowest BCUT2D eigenvalue weighted by Crippen LogP contribution is -2.54. The van der Waals surface area contributed by atoms with Crippen molar-refractivity contribution < 1.29 is 5.11 Å². The van der Waals surface area contributed by atoms with Gasteiger partial charge in [-0.25, -0.2) is 0 Å². The number of benzene rings is 1. The average molecular weight is 476 g/mol. The Morgan fingerprint density at radius 2 is 1.77 bits per heavy atom. The van der Waals surface area contributed by atoms with Gasteiger partial charge in [0.1, 0.15) is 5.75 Å². The van der Waals surface area contributed by atoms with Gasteiger partial charge in [0.15, 0.2) is 0 Å². The molecular formula is C33H49NO. The highest BCUT2D eigenvalue weighted by Gasteiger charge is 2.60. The molecule has 1 aromatic heterocycles. The summed E-state index contributed by atoms with van der Waals surface area (Å²) in [6.07, 6.45) is 15.4. The summed E-state index contributed by atoms with van der Waals surface area (Å²) in [5, 5.41) is 11.5. The van der Waals surface area contributed by atoms with Crippen molar-refractivity contribution in [2.75, 3.05) is 0 Å². The van der Waals surface area contributed by atoms with Crippen LogP contribution in [0.3, 0.4) is 0 Å². The van der Waals surface area contributed by atoms with Crippen LogP contribution in [0, 0.1) is 52.3 Å². The number of H-pyrrole nitrogens is 1. The summed E-state index contributed by atoms with van der Waals surface area (Å²) in [6, 6.07) is 5.91. The highest BCUT2D eigenvalue weighted by molar-refractivity contribution is 5.86. The number of nitrogens with one attached hydrogen (secondary N) is 1. The van der Waals surface area contributed by atoms with Crippen LogP contribution in [0.4, 0.5) is 0 Å². The van der Waals surface area contributed by atoms with E-state index in [1.807, 2.05) is 12.1 Å². The summed E-state index contributed by atoms with van der Waals surface area (Å²) in [4.78, 5) is 3.74. The second-order valence-electron chi connectivity index (χ2n) is 14.4. The summed E-state index contributed by atoms with van der Waals surface area (Å²) in [6.45, 7) is 12.7. The van der Waals surface area contributed by atoms with Crippen molar-refractivity contribution in [1.29, 1.82) is 0 Å². The van der Waals surface area contributed by atoms with Gasteiger partial charge in [-0.05, 0) is 127 Å². The zero-order valence-corrected chi connectivity index (χ0v) is 23.0. The molecule has 0 spiro atoms. The Kier molecular flexibility index (Phi) is 5.85. The fourth-order valence-electron chi connectivity index (χ4n) is 10.5. The largest absolute Gasteiger partial charge is 0.508 e. The minimum Gasteiger partial charge on any atom is -0.508 e. The third-order valence-corrected chi connectivity index (χ3v) is 12.3. The number of hydrogen-bond donors (Lipinski definition) is 2. The molecule has 2 heteroatoms. The van der Waals surface area contributed by atoms with Crippen molar-refractivity contribution in [1.82, 2.24) is 4.98 Å². The van der Waals surface area contributed by atoms with Gasteiger partial charge in [-0.3, -0.25) is 0 Å². The summed E-state index contributed by atoms with van der Waals surface area (Å²) in [7, 11) is 0. The molecule has 4 aliphatic rings. The Labute approximate surface area is 213 Å². The van der Waals surface area contributed by atoms with Crippen molar-refractivity contribution in [3.05, 3.63) is 29.5 Å². The second-order valence-corrected chi connectivity index (χ2v) is 14.4. The van der Waals surface area contributed by atoms with Crippen molar-refractivity contribution in [2.45, 2.75) is 105 Å². The number of aromatic nitrogens is 1. The molecule has 0 bridgehead atoms. The second kappa shape index (κ2) is 8.56. The van der Waals surface area contributed by atoms with E-state index in [2.05, 4.69) is 45.7 Å². The Bertz CT molecular complexity index is 1080. The predicted molar refractivity (Wildman–Crippen MR) is 147 cm³/mol. The zero-order chi connectivity index (χ0) is 24.5. The normalized spacial score (nSPS) is 39.2. The molecule has 4 aliphatic carbocycles. The Hall–Kier alpha value is -1.44. The first-order chi connectivity index (χ1) is 16.7.